The van der Waals surface area contributed by atoms with Crippen molar-refractivity contribution in [2.75, 3.05) is 18.5 Å². The molecule has 0 bridgehead atoms. The van der Waals surface area contributed by atoms with E-state index in [1.54, 1.807) is 0 Å². The van der Waals surface area contributed by atoms with Gasteiger partial charge >= 0.3 is 0 Å². The maximum atomic E-state index is 11.8. The number of aliphatic hydroxyl groups is 1. The summed E-state index contributed by atoms with van der Waals surface area (Å²) in [6.45, 7) is 0.601. The Labute approximate surface area is 129 Å². The Morgan fingerprint density at radius 1 is 1.40 bits per heavy atom. The third-order valence-electron chi connectivity index (χ3n) is 2.61. The highest BCUT2D eigenvalue weighted by molar-refractivity contribution is 7.16. The quantitative estimate of drug-likeness (QED) is 0.850. The zero-order valence-electron chi connectivity index (χ0n) is 10.5. The van der Waals surface area contributed by atoms with Crippen LogP contribution in [0.15, 0.2) is 23.1 Å². The summed E-state index contributed by atoms with van der Waals surface area (Å²) < 4.78 is 1.89. The molecule has 2 aromatic heterocycles. The van der Waals surface area contributed by atoms with Crippen molar-refractivity contribution in [3.05, 3.63) is 42.9 Å². The van der Waals surface area contributed by atoms with E-state index in [0.29, 0.717) is 12.2 Å². The third-order valence-corrected chi connectivity index (χ3v) is 4.27. The first-order chi connectivity index (χ1) is 9.61. The SMILES string of the molecule is O=c1c(Cl)c(NCCc2ccc(Cl)s2)cnn1CCO. The number of rotatable bonds is 6. The number of aliphatic hydroxyl groups excluding tert-OH is 1. The second kappa shape index (κ2) is 7.08. The van der Waals surface area contributed by atoms with Crippen molar-refractivity contribution in [2.45, 2.75) is 13.0 Å². The van der Waals surface area contributed by atoms with Crippen molar-refractivity contribution in [3.8, 4) is 0 Å². The summed E-state index contributed by atoms with van der Waals surface area (Å²) in [5.41, 5.74) is 0.0818. The van der Waals surface area contributed by atoms with Gasteiger partial charge in [-0.05, 0) is 18.6 Å². The molecule has 0 aromatic carbocycles. The number of hydrogen-bond acceptors (Lipinski definition) is 5. The van der Waals surface area contributed by atoms with Crippen LogP contribution in [0, 0.1) is 0 Å². The number of anilines is 1. The van der Waals surface area contributed by atoms with Gasteiger partial charge in [-0.1, -0.05) is 23.2 Å². The lowest BCUT2D eigenvalue weighted by molar-refractivity contribution is 0.266. The Kier molecular flexibility index (Phi) is 5.42. The summed E-state index contributed by atoms with van der Waals surface area (Å²) >= 11 is 13.4. The van der Waals surface area contributed by atoms with Gasteiger partial charge in [0.15, 0.2) is 0 Å². The molecule has 0 atom stereocenters. The van der Waals surface area contributed by atoms with Crippen LogP contribution >= 0.6 is 34.5 Å². The molecule has 0 amide bonds. The number of aromatic nitrogens is 2. The molecule has 8 heteroatoms. The van der Waals surface area contributed by atoms with Gasteiger partial charge in [-0.3, -0.25) is 4.79 Å². The molecular weight excluding hydrogens is 321 g/mol. The van der Waals surface area contributed by atoms with E-state index in [1.807, 2.05) is 12.1 Å². The number of nitrogens with zero attached hydrogens (tertiary/aromatic N) is 2. The topological polar surface area (TPSA) is 67.2 Å². The van der Waals surface area contributed by atoms with E-state index < -0.39 is 5.56 Å². The molecule has 0 radical (unpaired) electrons. The number of nitrogens with one attached hydrogen (secondary N) is 1. The fourth-order valence-corrected chi connectivity index (χ4v) is 2.95. The summed E-state index contributed by atoms with van der Waals surface area (Å²) in [4.78, 5) is 13.0. The van der Waals surface area contributed by atoms with Crippen molar-refractivity contribution < 1.29 is 5.11 Å². The van der Waals surface area contributed by atoms with Gasteiger partial charge in [0.05, 0.1) is 29.4 Å². The van der Waals surface area contributed by atoms with E-state index in [2.05, 4.69) is 10.4 Å². The maximum absolute atomic E-state index is 11.8. The highest BCUT2D eigenvalue weighted by Gasteiger charge is 2.08. The monoisotopic (exact) mass is 333 g/mol. The van der Waals surface area contributed by atoms with E-state index in [9.17, 15) is 4.79 Å². The predicted molar refractivity (Wildman–Crippen MR) is 82.1 cm³/mol. The molecule has 0 aliphatic carbocycles. The standard InChI is InChI=1S/C12H13Cl2N3O2S/c13-10-2-1-8(20-10)3-4-15-9-7-16-17(5-6-18)12(19)11(9)14/h1-2,7,15,18H,3-6H2. The van der Waals surface area contributed by atoms with Gasteiger partial charge in [-0.15, -0.1) is 11.3 Å². The molecule has 0 saturated carbocycles. The first kappa shape index (κ1) is 15.3. The molecule has 108 valence electrons. The Balaban J connectivity index is 1.99. The number of hydrogen-bond donors (Lipinski definition) is 2. The largest absolute Gasteiger partial charge is 0.394 e. The average Bonchev–Trinajstić information content (AvgIpc) is 2.84. The van der Waals surface area contributed by atoms with Crippen molar-refractivity contribution in [3.63, 3.8) is 0 Å². The molecule has 0 saturated heterocycles. The number of thiophene rings is 1. The van der Waals surface area contributed by atoms with Gasteiger partial charge in [0.2, 0.25) is 0 Å². The molecule has 0 unspecified atom stereocenters. The van der Waals surface area contributed by atoms with E-state index >= 15 is 0 Å². The molecule has 0 fully saturated rings. The smallest absolute Gasteiger partial charge is 0.287 e. The molecule has 5 nitrogen and oxygen atoms in total. The van der Waals surface area contributed by atoms with Crippen LogP contribution in [-0.2, 0) is 13.0 Å². The molecular formula is C12H13Cl2N3O2S. The number of halogens is 2. The fraction of sp³-hybridized carbons (Fsp3) is 0.333. The second-order valence-corrected chi connectivity index (χ2v) is 6.18. The van der Waals surface area contributed by atoms with Crippen LogP contribution in [0.1, 0.15) is 4.88 Å². The van der Waals surface area contributed by atoms with Crippen molar-refractivity contribution in [1.29, 1.82) is 0 Å². The zero-order valence-corrected chi connectivity index (χ0v) is 12.8. The minimum Gasteiger partial charge on any atom is -0.394 e. The van der Waals surface area contributed by atoms with Crippen molar-refractivity contribution in [2.24, 2.45) is 0 Å². The van der Waals surface area contributed by atoms with Crippen LogP contribution in [0.4, 0.5) is 5.69 Å². The van der Waals surface area contributed by atoms with Gasteiger partial charge in [-0.25, -0.2) is 4.68 Å². The van der Waals surface area contributed by atoms with E-state index in [-0.39, 0.29) is 18.2 Å². The highest BCUT2D eigenvalue weighted by Crippen LogP contribution is 2.22. The van der Waals surface area contributed by atoms with E-state index in [4.69, 9.17) is 28.3 Å². The highest BCUT2D eigenvalue weighted by atomic mass is 35.5. The third kappa shape index (κ3) is 3.73. The normalized spacial score (nSPS) is 10.8. The Bertz CT molecular complexity index is 642. The molecule has 2 heterocycles. The van der Waals surface area contributed by atoms with Gasteiger partial charge in [0.25, 0.3) is 5.56 Å². The van der Waals surface area contributed by atoms with Gasteiger partial charge in [0.1, 0.15) is 5.02 Å². The second-order valence-electron chi connectivity index (χ2n) is 4.01. The van der Waals surface area contributed by atoms with Gasteiger partial charge < -0.3 is 10.4 Å². The predicted octanol–water partition coefficient (Wildman–Crippen LogP) is 2.26. The molecule has 20 heavy (non-hydrogen) atoms. The lowest BCUT2D eigenvalue weighted by atomic mass is 10.3. The Hall–Kier alpha value is -1.08. The Morgan fingerprint density at radius 2 is 2.20 bits per heavy atom. The molecule has 0 aliphatic rings. The minimum atomic E-state index is -0.412. The van der Waals surface area contributed by atoms with Crippen molar-refractivity contribution in [1.82, 2.24) is 9.78 Å². The summed E-state index contributed by atoms with van der Waals surface area (Å²) in [7, 11) is 0. The van der Waals surface area contributed by atoms with Crippen LogP contribution in [0.2, 0.25) is 9.36 Å². The molecule has 2 rings (SSSR count). The Morgan fingerprint density at radius 3 is 2.85 bits per heavy atom. The van der Waals surface area contributed by atoms with Crippen LogP contribution in [-0.4, -0.2) is 28.0 Å². The van der Waals surface area contributed by atoms with E-state index in [1.165, 1.54) is 17.5 Å². The van der Waals surface area contributed by atoms with Crippen LogP contribution in [0.5, 0.6) is 0 Å². The van der Waals surface area contributed by atoms with Crippen LogP contribution in [0.3, 0.4) is 0 Å². The minimum absolute atomic E-state index is 0.0812. The van der Waals surface area contributed by atoms with Gasteiger partial charge in [0, 0.05) is 11.4 Å². The summed E-state index contributed by atoms with van der Waals surface area (Å²) in [6.07, 6.45) is 2.27. The summed E-state index contributed by atoms with van der Waals surface area (Å²) in [5.74, 6) is 0. The summed E-state index contributed by atoms with van der Waals surface area (Å²) in [6, 6.07) is 3.82. The maximum Gasteiger partial charge on any atom is 0.287 e. The molecule has 2 N–H and O–H groups in total. The molecule has 0 spiro atoms. The zero-order chi connectivity index (χ0) is 14.5. The average molecular weight is 334 g/mol. The molecule has 0 aliphatic heterocycles. The first-order valence-corrected chi connectivity index (χ1v) is 7.53. The van der Waals surface area contributed by atoms with Gasteiger partial charge in [-0.2, -0.15) is 5.10 Å². The summed E-state index contributed by atoms with van der Waals surface area (Å²) in [5, 5.41) is 15.9. The molecule has 2 aromatic rings. The lowest BCUT2D eigenvalue weighted by Crippen LogP contribution is -2.25. The first-order valence-electron chi connectivity index (χ1n) is 5.96. The van der Waals surface area contributed by atoms with Crippen molar-refractivity contribution >= 4 is 40.2 Å². The fourth-order valence-electron chi connectivity index (χ4n) is 1.65. The van der Waals surface area contributed by atoms with Crippen LogP contribution < -0.4 is 10.9 Å². The lowest BCUT2D eigenvalue weighted by Gasteiger charge is -2.09. The van der Waals surface area contributed by atoms with Crippen LogP contribution in [0.25, 0.3) is 0 Å². The van der Waals surface area contributed by atoms with E-state index in [0.717, 1.165) is 20.3 Å².